The molecule has 28 heavy (non-hydrogen) atoms. The summed E-state index contributed by atoms with van der Waals surface area (Å²) in [4.78, 5) is 28.0. The van der Waals surface area contributed by atoms with Crippen LogP contribution in [0.1, 0.15) is 34.0 Å². The van der Waals surface area contributed by atoms with Gasteiger partial charge < -0.3 is 15.6 Å². The fraction of sp³-hybridized carbons (Fsp3) is 0.200. The maximum absolute atomic E-state index is 12.5. The second kappa shape index (κ2) is 7.93. The average molecular weight is 440 g/mol. The lowest BCUT2D eigenvalue weighted by atomic mass is 10.1. The largest absolute Gasteiger partial charge is 0.337 e. The average Bonchev–Trinajstić information content (AvgIpc) is 3.10. The summed E-state index contributed by atoms with van der Waals surface area (Å²) in [5.74, 6) is 0.0136. The number of aromatic amines is 1. The Balaban J connectivity index is 1.42. The zero-order valence-electron chi connectivity index (χ0n) is 14.9. The van der Waals surface area contributed by atoms with Crippen molar-refractivity contribution < 1.29 is 9.59 Å². The van der Waals surface area contributed by atoms with E-state index in [1.54, 1.807) is 0 Å². The van der Waals surface area contributed by atoms with Gasteiger partial charge in [-0.05, 0) is 42.2 Å². The van der Waals surface area contributed by atoms with Crippen LogP contribution in [0.15, 0.2) is 53.0 Å². The van der Waals surface area contributed by atoms with Gasteiger partial charge in [0.2, 0.25) is 11.7 Å². The van der Waals surface area contributed by atoms with Gasteiger partial charge in [-0.1, -0.05) is 46.3 Å². The highest BCUT2D eigenvalue weighted by Crippen LogP contribution is 2.25. The van der Waals surface area contributed by atoms with Crippen LogP contribution in [0.4, 0.5) is 5.69 Å². The zero-order chi connectivity index (χ0) is 19.5. The summed E-state index contributed by atoms with van der Waals surface area (Å²) in [5, 5.41) is 13.6. The van der Waals surface area contributed by atoms with E-state index in [0.717, 1.165) is 21.3 Å². The van der Waals surface area contributed by atoms with E-state index >= 15 is 0 Å². The van der Waals surface area contributed by atoms with Gasteiger partial charge >= 0.3 is 0 Å². The molecule has 7 nitrogen and oxygen atoms in total. The number of carbonyl (C=O) groups is 2. The minimum absolute atomic E-state index is 0.100. The second-order valence-electron chi connectivity index (χ2n) is 6.64. The van der Waals surface area contributed by atoms with E-state index in [1.165, 1.54) is 0 Å². The van der Waals surface area contributed by atoms with Gasteiger partial charge in [0.15, 0.2) is 0 Å². The van der Waals surface area contributed by atoms with Gasteiger partial charge in [-0.3, -0.25) is 9.59 Å². The van der Waals surface area contributed by atoms with E-state index in [0.29, 0.717) is 25.1 Å². The van der Waals surface area contributed by atoms with Crippen molar-refractivity contribution in [1.29, 1.82) is 0 Å². The Morgan fingerprint density at radius 3 is 2.82 bits per heavy atom. The molecule has 2 aromatic carbocycles. The highest BCUT2D eigenvalue weighted by molar-refractivity contribution is 9.10. The Morgan fingerprint density at radius 1 is 1.18 bits per heavy atom. The molecule has 0 saturated heterocycles. The Hall–Kier alpha value is -3.00. The van der Waals surface area contributed by atoms with E-state index in [-0.39, 0.29) is 11.7 Å². The van der Waals surface area contributed by atoms with E-state index in [1.807, 2.05) is 48.5 Å². The van der Waals surface area contributed by atoms with E-state index in [4.69, 9.17) is 0 Å². The van der Waals surface area contributed by atoms with Gasteiger partial charge in [0.1, 0.15) is 11.9 Å². The molecule has 2 amide bonds. The van der Waals surface area contributed by atoms with Gasteiger partial charge in [-0.25, -0.2) is 0 Å². The molecule has 1 atom stereocenters. The fourth-order valence-corrected chi connectivity index (χ4v) is 3.58. The molecule has 3 N–H and O–H groups in total. The summed E-state index contributed by atoms with van der Waals surface area (Å²) in [6, 6.07) is 14.9. The van der Waals surface area contributed by atoms with Gasteiger partial charge in [0.05, 0.1) is 0 Å². The molecule has 0 aliphatic carbocycles. The molecule has 0 bridgehead atoms. The first kappa shape index (κ1) is 18.4. The number of aromatic nitrogens is 3. The van der Waals surface area contributed by atoms with Gasteiger partial charge in [-0.2, -0.15) is 0 Å². The number of aryl methyl sites for hydroxylation is 1. The molecule has 0 radical (unpaired) electrons. The number of nitrogens with zero attached hydrogens (tertiary/aromatic N) is 2. The van der Waals surface area contributed by atoms with Crippen molar-refractivity contribution >= 4 is 33.4 Å². The first-order valence-corrected chi connectivity index (χ1v) is 9.73. The fourth-order valence-electron chi connectivity index (χ4n) is 3.17. The number of hydrogen-bond acceptors (Lipinski definition) is 4. The van der Waals surface area contributed by atoms with Crippen molar-refractivity contribution in [3.8, 4) is 0 Å². The lowest BCUT2D eigenvalue weighted by molar-refractivity contribution is -0.118. The third-order valence-electron chi connectivity index (χ3n) is 4.61. The summed E-state index contributed by atoms with van der Waals surface area (Å²) in [6.45, 7) is 0. The highest BCUT2D eigenvalue weighted by Gasteiger charge is 2.26. The lowest BCUT2D eigenvalue weighted by Crippen LogP contribution is -2.43. The highest BCUT2D eigenvalue weighted by atomic mass is 79.9. The molecule has 0 unspecified atom stereocenters. The summed E-state index contributed by atoms with van der Waals surface area (Å²) in [5.41, 5.74) is 2.87. The predicted molar refractivity (Wildman–Crippen MR) is 108 cm³/mol. The third kappa shape index (κ3) is 4.12. The van der Waals surface area contributed by atoms with Crippen molar-refractivity contribution in [2.45, 2.75) is 25.3 Å². The number of anilines is 1. The van der Waals surface area contributed by atoms with Crippen LogP contribution in [0.5, 0.6) is 0 Å². The summed E-state index contributed by atoms with van der Waals surface area (Å²) >= 11 is 3.44. The van der Waals surface area contributed by atoms with Crippen LogP contribution in [-0.4, -0.2) is 33.0 Å². The topological polar surface area (TPSA) is 99.8 Å². The first-order valence-electron chi connectivity index (χ1n) is 8.94. The Bertz CT molecular complexity index is 1020. The molecule has 0 fully saturated rings. The Labute approximate surface area is 170 Å². The molecule has 1 aliphatic heterocycles. The number of amides is 2. The maximum Gasteiger partial charge on any atom is 0.289 e. The summed E-state index contributed by atoms with van der Waals surface area (Å²) in [6.07, 6.45) is 1.73. The molecule has 1 aromatic heterocycles. The standard InChI is InChI=1S/C20H18BrN5O2/c21-14-7-9-15-13(11-14)6-8-16(19(27)22-15)23-20(28)18-24-17(25-26-18)10-12-4-2-1-3-5-12/h1-5,7,9,11,16H,6,8,10H2,(H,22,27)(H,23,28)(H,24,25,26)/t16-/m1/s1. The number of hydrogen-bond donors (Lipinski definition) is 3. The van der Waals surface area contributed by atoms with Gasteiger partial charge in [0, 0.05) is 16.6 Å². The minimum atomic E-state index is -0.638. The van der Waals surface area contributed by atoms with Gasteiger partial charge in [0.25, 0.3) is 5.91 Å². The molecule has 3 aromatic rings. The van der Waals surface area contributed by atoms with Crippen molar-refractivity contribution in [2.24, 2.45) is 0 Å². The van der Waals surface area contributed by atoms with Crippen molar-refractivity contribution in [1.82, 2.24) is 20.5 Å². The lowest BCUT2D eigenvalue weighted by Gasteiger charge is -2.14. The van der Waals surface area contributed by atoms with E-state index < -0.39 is 11.9 Å². The molecule has 142 valence electrons. The number of fused-ring (bicyclic) bond motifs is 1. The number of halogens is 1. The summed E-state index contributed by atoms with van der Waals surface area (Å²) < 4.78 is 0.954. The normalized spacial score (nSPS) is 16.0. The predicted octanol–water partition coefficient (Wildman–Crippen LogP) is 2.84. The SMILES string of the molecule is O=C(N[C@@H]1CCc2cc(Br)ccc2NC1=O)c1nnc(Cc2ccccc2)[nH]1. The molecule has 4 rings (SSSR count). The third-order valence-corrected chi connectivity index (χ3v) is 5.11. The smallest absolute Gasteiger partial charge is 0.289 e. The monoisotopic (exact) mass is 439 g/mol. The van der Waals surface area contributed by atoms with Crippen LogP contribution >= 0.6 is 15.9 Å². The molecular weight excluding hydrogens is 422 g/mol. The van der Waals surface area contributed by atoms with Crippen LogP contribution in [-0.2, 0) is 17.6 Å². The van der Waals surface area contributed by atoms with Crippen LogP contribution in [0, 0.1) is 0 Å². The number of carbonyl (C=O) groups excluding carboxylic acids is 2. The van der Waals surface area contributed by atoms with Crippen LogP contribution in [0.25, 0.3) is 0 Å². The van der Waals surface area contributed by atoms with Crippen LogP contribution < -0.4 is 10.6 Å². The minimum Gasteiger partial charge on any atom is -0.337 e. The van der Waals surface area contributed by atoms with Crippen molar-refractivity contribution in [3.05, 3.63) is 75.8 Å². The maximum atomic E-state index is 12.5. The zero-order valence-corrected chi connectivity index (χ0v) is 16.5. The first-order chi connectivity index (χ1) is 13.6. The Morgan fingerprint density at radius 2 is 2.00 bits per heavy atom. The number of H-pyrrole nitrogens is 1. The summed E-state index contributed by atoms with van der Waals surface area (Å²) in [7, 11) is 0. The molecule has 0 spiro atoms. The van der Waals surface area contributed by atoms with Gasteiger partial charge in [-0.15, -0.1) is 10.2 Å². The number of benzene rings is 2. The van der Waals surface area contributed by atoms with E-state index in [9.17, 15) is 9.59 Å². The van der Waals surface area contributed by atoms with Crippen LogP contribution in [0.2, 0.25) is 0 Å². The molecule has 8 heteroatoms. The van der Waals surface area contributed by atoms with E-state index in [2.05, 4.69) is 41.7 Å². The Kier molecular flexibility index (Phi) is 5.21. The number of rotatable bonds is 4. The molecule has 2 heterocycles. The van der Waals surface area contributed by atoms with Crippen molar-refractivity contribution in [2.75, 3.05) is 5.32 Å². The quantitative estimate of drug-likeness (QED) is 0.581. The molecule has 1 aliphatic rings. The van der Waals surface area contributed by atoms with Crippen LogP contribution in [0.3, 0.4) is 0 Å². The number of nitrogens with one attached hydrogen (secondary N) is 3. The molecule has 0 saturated carbocycles. The second-order valence-corrected chi connectivity index (χ2v) is 7.55. The van der Waals surface area contributed by atoms with Crippen molar-refractivity contribution in [3.63, 3.8) is 0 Å². The molecular formula is C20H18BrN5O2.